The monoisotopic (exact) mass is 390 g/mol. The highest BCUT2D eigenvalue weighted by molar-refractivity contribution is 6.30. The van der Waals surface area contributed by atoms with Crippen molar-refractivity contribution in [2.75, 3.05) is 13.2 Å². The van der Waals surface area contributed by atoms with Gasteiger partial charge in [0.25, 0.3) is 0 Å². The highest BCUT2D eigenvalue weighted by atomic mass is 35.5. The Bertz CT molecular complexity index is 723. The fourth-order valence-electron chi connectivity index (χ4n) is 3.72. The molecule has 5 nitrogen and oxygen atoms in total. The number of hydrogen-bond acceptors (Lipinski definition) is 4. The van der Waals surface area contributed by atoms with Gasteiger partial charge in [-0.15, -0.1) is 0 Å². The molecule has 0 saturated heterocycles. The van der Waals surface area contributed by atoms with Gasteiger partial charge in [-0.05, 0) is 42.5 Å². The maximum atomic E-state index is 12.2. The van der Waals surface area contributed by atoms with Crippen LogP contribution in [0.25, 0.3) is 11.5 Å². The van der Waals surface area contributed by atoms with Gasteiger partial charge in [-0.25, -0.2) is 4.98 Å². The first kappa shape index (κ1) is 19.9. The molecule has 2 aromatic rings. The molecule has 0 spiro atoms. The Hall–Kier alpha value is -1.85. The number of aliphatic hydroxyl groups excluding tert-OH is 1. The zero-order valence-electron chi connectivity index (χ0n) is 15.5. The molecule has 0 unspecified atom stereocenters. The summed E-state index contributed by atoms with van der Waals surface area (Å²) in [5.74, 6) is 1.18. The van der Waals surface area contributed by atoms with E-state index in [1.165, 1.54) is 38.4 Å². The second-order valence-corrected chi connectivity index (χ2v) is 7.86. The molecule has 1 aliphatic carbocycles. The Kier molecular flexibility index (Phi) is 7.30. The van der Waals surface area contributed by atoms with Crippen molar-refractivity contribution in [3.8, 4) is 11.5 Å². The number of benzene rings is 1. The summed E-state index contributed by atoms with van der Waals surface area (Å²) in [5.41, 5.74) is 1.41. The van der Waals surface area contributed by atoms with Crippen LogP contribution >= 0.6 is 11.6 Å². The third-order valence-corrected chi connectivity index (χ3v) is 5.47. The lowest BCUT2D eigenvalue weighted by atomic mass is 9.83. The van der Waals surface area contributed by atoms with Crippen molar-refractivity contribution in [1.82, 2.24) is 10.3 Å². The minimum Gasteiger partial charge on any atom is -0.444 e. The van der Waals surface area contributed by atoms with Gasteiger partial charge in [0.1, 0.15) is 6.26 Å². The van der Waals surface area contributed by atoms with E-state index >= 15 is 0 Å². The summed E-state index contributed by atoms with van der Waals surface area (Å²) in [6.07, 6.45) is 9.06. The predicted molar refractivity (Wildman–Crippen MR) is 105 cm³/mol. The number of nitrogens with zero attached hydrogens (tertiary/aromatic N) is 1. The number of aromatic nitrogens is 1. The molecule has 0 aliphatic heterocycles. The van der Waals surface area contributed by atoms with Gasteiger partial charge in [-0.1, -0.05) is 43.7 Å². The lowest BCUT2D eigenvalue weighted by molar-refractivity contribution is -0.120. The van der Waals surface area contributed by atoms with E-state index in [-0.39, 0.29) is 24.9 Å². The summed E-state index contributed by atoms with van der Waals surface area (Å²) >= 11 is 5.89. The third kappa shape index (κ3) is 6.08. The molecule has 1 amide bonds. The van der Waals surface area contributed by atoms with Crippen LogP contribution in [-0.2, 0) is 11.2 Å². The molecule has 1 aliphatic rings. The molecule has 0 bridgehead atoms. The summed E-state index contributed by atoms with van der Waals surface area (Å²) in [6.45, 7) is 0.620. The van der Waals surface area contributed by atoms with Crippen LogP contribution < -0.4 is 5.32 Å². The molecule has 1 heterocycles. The molecule has 1 saturated carbocycles. The SMILES string of the molecule is O=C(Cc1coc(-c2ccc(Cl)cc2)n1)NC[C@@H](CO)CC1CCCCC1. The number of aliphatic hydroxyl groups is 1. The zero-order chi connectivity index (χ0) is 19.1. The first-order valence-electron chi connectivity index (χ1n) is 9.72. The van der Waals surface area contributed by atoms with E-state index < -0.39 is 0 Å². The minimum atomic E-state index is -0.104. The van der Waals surface area contributed by atoms with E-state index in [0.29, 0.717) is 29.1 Å². The summed E-state index contributed by atoms with van der Waals surface area (Å²) < 4.78 is 5.46. The molecule has 1 aromatic heterocycles. The van der Waals surface area contributed by atoms with Gasteiger partial charge in [0.15, 0.2) is 0 Å². The van der Waals surface area contributed by atoms with Gasteiger partial charge in [-0.2, -0.15) is 0 Å². The molecule has 0 radical (unpaired) electrons. The Morgan fingerprint density at radius 3 is 2.70 bits per heavy atom. The van der Waals surface area contributed by atoms with Crippen LogP contribution in [0.4, 0.5) is 0 Å². The topological polar surface area (TPSA) is 75.4 Å². The maximum absolute atomic E-state index is 12.2. The third-order valence-electron chi connectivity index (χ3n) is 5.22. The number of carbonyl (C=O) groups is 1. The van der Waals surface area contributed by atoms with Crippen molar-refractivity contribution in [1.29, 1.82) is 0 Å². The predicted octanol–water partition coefficient (Wildman–Crippen LogP) is 4.23. The Labute approximate surface area is 165 Å². The van der Waals surface area contributed by atoms with Crippen LogP contribution in [0.15, 0.2) is 34.9 Å². The number of nitrogens with one attached hydrogen (secondary N) is 1. The van der Waals surface area contributed by atoms with Crippen LogP contribution in [0.2, 0.25) is 5.02 Å². The average Bonchev–Trinajstić information content (AvgIpc) is 3.15. The van der Waals surface area contributed by atoms with Gasteiger partial charge in [0, 0.05) is 23.7 Å². The molecule has 27 heavy (non-hydrogen) atoms. The van der Waals surface area contributed by atoms with E-state index in [4.69, 9.17) is 16.0 Å². The van der Waals surface area contributed by atoms with Crippen molar-refractivity contribution < 1.29 is 14.3 Å². The smallest absolute Gasteiger partial charge is 0.226 e. The number of halogens is 1. The molecule has 6 heteroatoms. The van der Waals surface area contributed by atoms with E-state index in [1.807, 2.05) is 12.1 Å². The number of amides is 1. The van der Waals surface area contributed by atoms with Gasteiger partial charge in [0.05, 0.1) is 12.1 Å². The molecular formula is C21H27ClN2O3. The van der Waals surface area contributed by atoms with Crippen molar-refractivity contribution in [2.45, 2.75) is 44.9 Å². The number of oxazole rings is 1. The Morgan fingerprint density at radius 2 is 2.00 bits per heavy atom. The standard InChI is InChI=1S/C21H27ClN2O3/c22-18-8-6-17(7-9-18)21-24-19(14-27-21)11-20(26)23-12-16(13-25)10-15-4-2-1-3-5-15/h6-9,14-16,25H,1-5,10-13H2,(H,23,26)/t16-/m0/s1. The molecule has 146 valence electrons. The van der Waals surface area contributed by atoms with Gasteiger partial charge in [0.2, 0.25) is 11.8 Å². The normalized spacial score (nSPS) is 16.2. The average molecular weight is 391 g/mol. The Balaban J connectivity index is 1.46. The number of carbonyl (C=O) groups excluding carboxylic acids is 1. The van der Waals surface area contributed by atoms with E-state index in [2.05, 4.69) is 10.3 Å². The first-order valence-corrected chi connectivity index (χ1v) is 10.1. The highest BCUT2D eigenvalue weighted by Gasteiger charge is 2.19. The lowest BCUT2D eigenvalue weighted by Gasteiger charge is -2.25. The summed E-state index contributed by atoms with van der Waals surface area (Å²) in [5, 5.41) is 13.2. The summed E-state index contributed by atoms with van der Waals surface area (Å²) in [6, 6.07) is 7.20. The van der Waals surface area contributed by atoms with Crippen molar-refractivity contribution >= 4 is 17.5 Å². The Morgan fingerprint density at radius 1 is 1.26 bits per heavy atom. The summed E-state index contributed by atoms with van der Waals surface area (Å²) in [4.78, 5) is 16.6. The molecule has 1 fully saturated rings. The van der Waals surface area contributed by atoms with Gasteiger partial charge >= 0.3 is 0 Å². The van der Waals surface area contributed by atoms with Crippen molar-refractivity contribution in [3.05, 3.63) is 41.2 Å². The maximum Gasteiger partial charge on any atom is 0.226 e. The first-order chi connectivity index (χ1) is 13.1. The minimum absolute atomic E-state index is 0.104. The fourth-order valence-corrected chi connectivity index (χ4v) is 3.84. The second-order valence-electron chi connectivity index (χ2n) is 7.42. The van der Waals surface area contributed by atoms with E-state index in [0.717, 1.165) is 12.0 Å². The van der Waals surface area contributed by atoms with E-state index in [9.17, 15) is 9.90 Å². The lowest BCUT2D eigenvalue weighted by Crippen LogP contribution is -2.33. The van der Waals surface area contributed by atoms with Crippen LogP contribution in [0.3, 0.4) is 0 Å². The fraction of sp³-hybridized carbons (Fsp3) is 0.524. The largest absolute Gasteiger partial charge is 0.444 e. The van der Waals surface area contributed by atoms with Crippen LogP contribution in [0.1, 0.15) is 44.2 Å². The molecule has 1 atom stereocenters. The molecular weight excluding hydrogens is 364 g/mol. The molecule has 2 N–H and O–H groups in total. The van der Waals surface area contributed by atoms with Crippen molar-refractivity contribution in [3.63, 3.8) is 0 Å². The van der Waals surface area contributed by atoms with Crippen molar-refractivity contribution in [2.24, 2.45) is 11.8 Å². The summed E-state index contributed by atoms with van der Waals surface area (Å²) in [7, 11) is 0. The van der Waals surface area contributed by atoms with E-state index in [1.54, 1.807) is 12.1 Å². The zero-order valence-corrected chi connectivity index (χ0v) is 16.3. The van der Waals surface area contributed by atoms with Crippen LogP contribution in [0.5, 0.6) is 0 Å². The second kappa shape index (κ2) is 9.90. The molecule has 1 aromatic carbocycles. The van der Waals surface area contributed by atoms with Crippen LogP contribution in [-0.4, -0.2) is 29.1 Å². The van der Waals surface area contributed by atoms with Gasteiger partial charge < -0.3 is 14.8 Å². The molecule has 3 rings (SSSR count). The highest BCUT2D eigenvalue weighted by Crippen LogP contribution is 2.28. The quantitative estimate of drug-likeness (QED) is 0.707. The van der Waals surface area contributed by atoms with Crippen LogP contribution in [0, 0.1) is 11.8 Å². The number of rotatable bonds is 8. The number of hydrogen-bond donors (Lipinski definition) is 2. The van der Waals surface area contributed by atoms with Gasteiger partial charge in [-0.3, -0.25) is 4.79 Å².